The Morgan fingerprint density at radius 2 is 1.95 bits per heavy atom. The number of allylic oxidation sites excluding steroid dienone is 2. The summed E-state index contributed by atoms with van der Waals surface area (Å²) >= 11 is 1.23. The number of aromatic nitrogens is 1. The van der Waals surface area contributed by atoms with Crippen LogP contribution in [0.2, 0.25) is 0 Å². The SMILES string of the molecule is CC(=O)c1nc(N2C(=O)[C@H]3CC=C(C)C[C@@H]3C2=O)sc1C. The van der Waals surface area contributed by atoms with Crippen molar-refractivity contribution < 1.29 is 14.4 Å². The van der Waals surface area contributed by atoms with Gasteiger partial charge in [-0.25, -0.2) is 9.88 Å². The van der Waals surface area contributed by atoms with E-state index in [1.807, 2.05) is 13.0 Å². The number of aryl methyl sites for hydroxylation is 1. The Kier molecular flexibility index (Phi) is 3.28. The van der Waals surface area contributed by atoms with Crippen LogP contribution in [0.1, 0.15) is 42.1 Å². The van der Waals surface area contributed by atoms with Crippen molar-refractivity contribution >= 4 is 34.1 Å². The minimum atomic E-state index is -0.272. The third-order valence-electron chi connectivity index (χ3n) is 4.13. The van der Waals surface area contributed by atoms with Crippen molar-refractivity contribution in [3.8, 4) is 0 Å². The number of rotatable bonds is 2. The zero-order chi connectivity index (χ0) is 15.3. The van der Waals surface area contributed by atoms with E-state index in [9.17, 15) is 14.4 Å². The number of carbonyl (C=O) groups is 3. The molecule has 2 aliphatic rings. The van der Waals surface area contributed by atoms with Gasteiger partial charge in [-0.15, -0.1) is 11.3 Å². The second-order valence-corrected chi connectivity index (χ2v) is 6.85. The zero-order valence-corrected chi connectivity index (χ0v) is 13.0. The number of hydrogen-bond acceptors (Lipinski definition) is 5. The predicted molar refractivity (Wildman–Crippen MR) is 79.3 cm³/mol. The van der Waals surface area contributed by atoms with Crippen LogP contribution in [-0.2, 0) is 9.59 Å². The molecule has 2 heterocycles. The molecule has 21 heavy (non-hydrogen) atoms. The van der Waals surface area contributed by atoms with Gasteiger partial charge in [-0.2, -0.15) is 0 Å². The highest BCUT2D eigenvalue weighted by Gasteiger charge is 2.49. The maximum absolute atomic E-state index is 12.5. The summed E-state index contributed by atoms with van der Waals surface area (Å²) in [7, 11) is 0. The predicted octanol–water partition coefficient (Wildman–Crippen LogP) is 2.50. The number of fused-ring (bicyclic) bond motifs is 1. The molecule has 0 spiro atoms. The fourth-order valence-electron chi connectivity index (χ4n) is 3.03. The van der Waals surface area contributed by atoms with Crippen molar-refractivity contribution in [2.75, 3.05) is 4.90 Å². The van der Waals surface area contributed by atoms with E-state index in [1.165, 1.54) is 23.2 Å². The van der Waals surface area contributed by atoms with Gasteiger partial charge in [0.1, 0.15) is 5.69 Å². The van der Waals surface area contributed by atoms with Crippen molar-refractivity contribution in [2.45, 2.75) is 33.6 Å². The van der Waals surface area contributed by atoms with Crippen molar-refractivity contribution in [2.24, 2.45) is 11.8 Å². The van der Waals surface area contributed by atoms with E-state index >= 15 is 0 Å². The first-order chi connectivity index (χ1) is 9.90. The lowest BCUT2D eigenvalue weighted by atomic mass is 9.82. The van der Waals surface area contributed by atoms with E-state index in [0.29, 0.717) is 23.7 Å². The quantitative estimate of drug-likeness (QED) is 0.478. The van der Waals surface area contributed by atoms with E-state index in [-0.39, 0.29) is 29.4 Å². The highest BCUT2D eigenvalue weighted by Crippen LogP contribution is 2.41. The van der Waals surface area contributed by atoms with Gasteiger partial charge in [0.05, 0.1) is 11.8 Å². The molecule has 0 radical (unpaired) electrons. The van der Waals surface area contributed by atoms with Crippen LogP contribution in [0.5, 0.6) is 0 Å². The van der Waals surface area contributed by atoms with Gasteiger partial charge < -0.3 is 0 Å². The van der Waals surface area contributed by atoms with Crippen LogP contribution in [0.4, 0.5) is 5.13 Å². The number of ketones is 1. The van der Waals surface area contributed by atoms with Gasteiger partial charge in [-0.05, 0) is 26.7 Å². The van der Waals surface area contributed by atoms with Crippen LogP contribution in [0.25, 0.3) is 0 Å². The van der Waals surface area contributed by atoms with E-state index in [0.717, 1.165) is 10.5 Å². The molecular weight excluding hydrogens is 288 g/mol. The minimum Gasteiger partial charge on any atom is -0.293 e. The van der Waals surface area contributed by atoms with E-state index in [4.69, 9.17) is 0 Å². The van der Waals surface area contributed by atoms with Gasteiger partial charge in [0, 0.05) is 11.8 Å². The van der Waals surface area contributed by atoms with Gasteiger partial charge in [0.15, 0.2) is 10.9 Å². The second kappa shape index (κ2) is 4.87. The van der Waals surface area contributed by atoms with Gasteiger partial charge in [-0.1, -0.05) is 11.6 Å². The third-order valence-corrected chi connectivity index (χ3v) is 5.09. The Balaban J connectivity index is 1.97. The fraction of sp³-hybridized carbons (Fsp3) is 0.467. The minimum absolute atomic E-state index is 0.149. The molecule has 2 atom stereocenters. The molecule has 0 aromatic carbocycles. The Morgan fingerprint density at radius 1 is 1.29 bits per heavy atom. The highest BCUT2D eigenvalue weighted by atomic mass is 32.1. The number of nitrogens with zero attached hydrogens (tertiary/aromatic N) is 2. The smallest absolute Gasteiger partial charge is 0.239 e. The van der Waals surface area contributed by atoms with Crippen molar-refractivity contribution in [3.63, 3.8) is 0 Å². The van der Waals surface area contributed by atoms with E-state index in [1.54, 1.807) is 6.92 Å². The van der Waals surface area contributed by atoms with Crippen molar-refractivity contribution in [1.29, 1.82) is 0 Å². The molecule has 1 aliphatic heterocycles. The molecule has 110 valence electrons. The van der Waals surface area contributed by atoms with Crippen LogP contribution in [0.3, 0.4) is 0 Å². The Morgan fingerprint density at radius 3 is 2.57 bits per heavy atom. The molecule has 6 heteroatoms. The average molecular weight is 304 g/mol. The fourth-order valence-corrected chi connectivity index (χ4v) is 4.00. The summed E-state index contributed by atoms with van der Waals surface area (Å²) in [6.45, 7) is 5.20. The Hall–Kier alpha value is -1.82. The molecular formula is C15H16N2O3S. The lowest BCUT2D eigenvalue weighted by Gasteiger charge is -2.18. The van der Waals surface area contributed by atoms with Gasteiger partial charge in [0.2, 0.25) is 11.8 Å². The van der Waals surface area contributed by atoms with Gasteiger partial charge in [-0.3, -0.25) is 14.4 Å². The molecule has 1 saturated heterocycles. The molecule has 1 aliphatic carbocycles. The highest BCUT2D eigenvalue weighted by molar-refractivity contribution is 7.16. The number of hydrogen-bond donors (Lipinski definition) is 0. The summed E-state index contributed by atoms with van der Waals surface area (Å²) in [4.78, 5) is 42.7. The third kappa shape index (κ3) is 2.14. The maximum Gasteiger partial charge on any atom is 0.239 e. The molecule has 5 nitrogen and oxygen atoms in total. The lowest BCUT2D eigenvalue weighted by molar-refractivity contribution is -0.122. The monoisotopic (exact) mass is 304 g/mol. The van der Waals surface area contributed by atoms with Gasteiger partial charge in [0.25, 0.3) is 0 Å². The molecule has 0 N–H and O–H groups in total. The van der Waals surface area contributed by atoms with Crippen LogP contribution in [0.15, 0.2) is 11.6 Å². The molecule has 1 aromatic heterocycles. The topological polar surface area (TPSA) is 67.3 Å². The zero-order valence-electron chi connectivity index (χ0n) is 12.2. The van der Waals surface area contributed by atoms with Crippen LogP contribution < -0.4 is 4.90 Å². The Labute approximate surface area is 126 Å². The molecule has 1 fully saturated rings. The van der Waals surface area contributed by atoms with Gasteiger partial charge >= 0.3 is 0 Å². The van der Waals surface area contributed by atoms with E-state index < -0.39 is 0 Å². The number of thiazole rings is 1. The number of carbonyl (C=O) groups excluding carboxylic acids is 3. The molecule has 0 unspecified atom stereocenters. The molecule has 1 aromatic rings. The number of amides is 2. The molecule has 0 bridgehead atoms. The molecule has 2 amide bonds. The summed E-state index contributed by atoms with van der Waals surface area (Å²) in [6, 6.07) is 0. The Bertz CT molecular complexity index is 689. The average Bonchev–Trinajstić information content (AvgIpc) is 2.90. The first kappa shape index (κ1) is 14.1. The molecule has 0 saturated carbocycles. The summed E-state index contributed by atoms with van der Waals surface area (Å²) < 4.78 is 0. The normalized spacial score (nSPS) is 25.1. The lowest BCUT2D eigenvalue weighted by Crippen LogP contribution is -2.30. The largest absolute Gasteiger partial charge is 0.293 e. The van der Waals surface area contributed by atoms with Crippen LogP contribution in [-0.4, -0.2) is 22.6 Å². The van der Waals surface area contributed by atoms with Crippen LogP contribution in [0, 0.1) is 18.8 Å². The first-order valence-corrected chi connectivity index (χ1v) is 7.73. The molecule has 3 rings (SSSR count). The maximum atomic E-state index is 12.5. The standard InChI is InChI=1S/C15H16N2O3S/c1-7-4-5-10-11(6-7)14(20)17(13(10)19)15-16-12(8(2)18)9(3)21-15/h4,10-11H,5-6H2,1-3H3/t10-,11-/m0/s1. The first-order valence-electron chi connectivity index (χ1n) is 6.92. The summed E-state index contributed by atoms with van der Waals surface area (Å²) in [6.07, 6.45) is 3.28. The summed E-state index contributed by atoms with van der Waals surface area (Å²) in [5, 5.41) is 0.333. The number of Topliss-reactive ketones (excluding diaryl/α,β-unsaturated/α-hetero) is 1. The summed E-state index contributed by atoms with van der Waals surface area (Å²) in [5.41, 5.74) is 1.50. The number of anilines is 1. The second-order valence-electron chi connectivity index (χ2n) is 5.67. The number of imide groups is 1. The van der Waals surface area contributed by atoms with Crippen molar-refractivity contribution in [1.82, 2.24) is 4.98 Å². The van der Waals surface area contributed by atoms with Crippen molar-refractivity contribution in [3.05, 3.63) is 22.2 Å². The van der Waals surface area contributed by atoms with E-state index in [2.05, 4.69) is 4.98 Å². The summed E-state index contributed by atoms with van der Waals surface area (Å²) in [5.74, 6) is -1.05. The van der Waals surface area contributed by atoms with Crippen LogP contribution >= 0.6 is 11.3 Å².